The number of aromatic nitrogens is 1. The number of halogens is 1. The fourth-order valence-electron chi connectivity index (χ4n) is 3.57. The number of rotatable bonds is 1. The van der Waals surface area contributed by atoms with Crippen molar-refractivity contribution < 1.29 is 13.7 Å². The van der Waals surface area contributed by atoms with Crippen LogP contribution in [0.15, 0.2) is 30.5 Å². The lowest BCUT2D eigenvalue weighted by Gasteiger charge is -2.23. The Hall–Kier alpha value is -2.42. The molecular formula is C21H21FNO+. The lowest BCUT2D eigenvalue weighted by molar-refractivity contribution is -0.660. The molecule has 2 aromatic carbocycles. The maximum absolute atomic E-state index is 14.5. The molecule has 4 rings (SSSR count). The summed E-state index contributed by atoms with van der Waals surface area (Å²) < 4.78 is 22.5. The van der Waals surface area contributed by atoms with Gasteiger partial charge in [-0.05, 0) is 47.9 Å². The van der Waals surface area contributed by atoms with Crippen molar-refractivity contribution in [3.63, 3.8) is 0 Å². The fraction of sp³-hybridized carbons (Fsp3) is 0.286. The van der Waals surface area contributed by atoms with Crippen LogP contribution in [-0.4, -0.2) is 0 Å². The third-order valence-electron chi connectivity index (χ3n) is 5.09. The van der Waals surface area contributed by atoms with E-state index >= 15 is 0 Å². The van der Waals surface area contributed by atoms with Crippen LogP contribution in [0.5, 0.6) is 11.5 Å². The van der Waals surface area contributed by atoms with Crippen molar-refractivity contribution in [2.45, 2.75) is 33.6 Å². The molecular weight excluding hydrogens is 301 g/mol. The molecule has 3 aromatic rings. The summed E-state index contributed by atoms with van der Waals surface area (Å²) in [6.45, 7) is 8.53. The lowest BCUT2D eigenvalue weighted by atomic mass is 9.88. The van der Waals surface area contributed by atoms with E-state index in [2.05, 4.69) is 45.9 Å². The van der Waals surface area contributed by atoms with Crippen molar-refractivity contribution in [3.8, 4) is 22.8 Å². The Labute approximate surface area is 141 Å². The number of fused-ring (bicyclic) bond motifs is 2. The van der Waals surface area contributed by atoms with Crippen LogP contribution in [0, 0.1) is 19.7 Å². The van der Waals surface area contributed by atoms with Crippen LogP contribution < -0.4 is 9.30 Å². The molecule has 1 aliphatic heterocycles. The zero-order valence-electron chi connectivity index (χ0n) is 14.7. The highest BCUT2D eigenvalue weighted by molar-refractivity contribution is 6.05. The predicted octanol–water partition coefficient (Wildman–Crippen LogP) is 5.32. The van der Waals surface area contributed by atoms with E-state index in [0.717, 1.165) is 27.8 Å². The Kier molecular flexibility index (Phi) is 3.17. The summed E-state index contributed by atoms with van der Waals surface area (Å²) in [5.41, 5.74) is 5.48. The van der Waals surface area contributed by atoms with Crippen molar-refractivity contribution >= 4 is 10.8 Å². The first-order chi connectivity index (χ1) is 11.4. The van der Waals surface area contributed by atoms with Crippen LogP contribution in [-0.2, 0) is 7.05 Å². The Balaban J connectivity index is 2.22. The molecule has 0 amide bonds. The molecule has 0 N–H and O–H groups in total. The average molecular weight is 322 g/mol. The second-order valence-corrected chi connectivity index (χ2v) is 7.02. The van der Waals surface area contributed by atoms with Crippen molar-refractivity contribution in [3.05, 3.63) is 53.0 Å². The summed E-state index contributed by atoms with van der Waals surface area (Å²) >= 11 is 0. The van der Waals surface area contributed by atoms with Crippen LogP contribution in [0.2, 0.25) is 0 Å². The van der Waals surface area contributed by atoms with E-state index in [0.29, 0.717) is 11.7 Å². The van der Waals surface area contributed by atoms with Gasteiger partial charge in [0.1, 0.15) is 12.8 Å². The number of benzene rings is 2. The summed E-state index contributed by atoms with van der Waals surface area (Å²) in [5.74, 6) is 1.14. The Morgan fingerprint density at radius 2 is 1.88 bits per heavy atom. The fourth-order valence-corrected chi connectivity index (χ4v) is 3.57. The van der Waals surface area contributed by atoms with Crippen molar-refractivity contribution in [2.75, 3.05) is 0 Å². The SMILES string of the molecule is Cc1cc2cc(C(C)C)cc3c2c(c1C)-c1c(c(F)cc[n+]1C)O3. The van der Waals surface area contributed by atoms with E-state index in [4.69, 9.17) is 4.74 Å². The minimum Gasteiger partial charge on any atom is -0.447 e. The second-order valence-electron chi connectivity index (χ2n) is 7.02. The van der Waals surface area contributed by atoms with Gasteiger partial charge in [-0.25, -0.2) is 4.39 Å². The molecule has 122 valence electrons. The molecule has 1 aromatic heterocycles. The maximum atomic E-state index is 14.5. The molecule has 0 radical (unpaired) electrons. The quantitative estimate of drug-likeness (QED) is 0.432. The molecule has 2 nitrogen and oxygen atoms in total. The molecule has 0 spiro atoms. The number of pyridine rings is 1. The van der Waals surface area contributed by atoms with E-state index in [1.807, 2.05) is 11.6 Å². The number of aryl methyl sites for hydroxylation is 2. The van der Waals surface area contributed by atoms with Crippen LogP contribution in [0.25, 0.3) is 22.0 Å². The maximum Gasteiger partial charge on any atom is 0.259 e. The molecule has 24 heavy (non-hydrogen) atoms. The van der Waals surface area contributed by atoms with Crippen LogP contribution in [0.3, 0.4) is 0 Å². The smallest absolute Gasteiger partial charge is 0.259 e. The predicted molar refractivity (Wildman–Crippen MR) is 94.2 cm³/mol. The van der Waals surface area contributed by atoms with E-state index in [-0.39, 0.29) is 5.82 Å². The largest absolute Gasteiger partial charge is 0.447 e. The Morgan fingerprint density at radius 3 is 2.58 bits per heavy atom. The van der Waals surface area contributed by atoms with Gasteiger partial charge in [-0.1, -0.05) is 26.0 Å². The molecule has 2 heterocycles. The molecule has 0 fully saturated rings. The van der Waals surface area contributed by atoms with E-state index in [1.54, 1.807) is 6.20 Å². The first-order valence-corrected chi connectivity index (χ1v) is 8.32. The molecule has 0 saturated heterocycles. The summed E-state index contributed by atoms with van der Waals surface area (Å²) in [7, 11) is 1.93. The summed E-state index contributed by atoms with van der Waals surface area (Å²) in [6, 6.07) is 7.95. The molecule has 0 bridgehead atoms. The van der Waals surface area contributed by atoms with Gasteiger partial charge in [0.2, 0.25) is 5.75 Å². The standard InChI is InChI=1S/C21H21FNO/c1-11(2)14-9-15-8-12(3)13(4)18-19(15)17(10-14)24-21-16(22)6-7-23(5)20(18)21/h6-11H,1-5H3/q+1. The minimum absolute atomic E-state index is 0.322. The van der Waals surface area contributed by atoms with Gasteiger partial charge < -0.3 is 4.74 Å². The molecule has 0 aliphatic carbocycles. The molecule has 0 unspecified atom stereocenters. The molecule has 1 aliphatic rings. The highest BCUT2D eigenvalue weighted by Crippen LogP contribution is 2.48. The van der Waals surface area contributed by atoms with E-state index in [9.17, 15) is 4.39 Å². The van der Waals surface area contributed by atoms with Gasteiger partial charge in [-0.3, -0.25) is 0 Å². The number of hydrogen-bond acceptors (Lipinski definition) is 1. The minimum atomic E-state index is -0.322. The lowest BCUT2D eigenvalue weighted by Crippen LogP contribution is -2.32. The molecule has 0 atom stereocenters. The molecule has 0 saturated carbocycles. The topological polar surface area (TPSA) is 13.1 Å². The van der Waals surface area contributed by atoms with E-state index < -0.39 is 0 Å². The van der Waals surface area contributed by atoms with Gasteiger partial charge in [-0.15, -0.1) is 0 Å². The normalized spacial score (nSPS) is 12.5. The zero-order valence-corrected chi connectivity index (χ0v) is 14.7. The first-order valence-electron chi connectivity index (χ1n) is 8.32. The highest BCUT2D eigenvalue weighted by atomic mass is 19.1. The number of nitrogens with zero attached hydrogens (tertiary/aromatic N) is 1. The average Bonchev–Trinajstić information content (AvgIpc) is 2.54. The van der Waals surface area contributed by atoms with Crippen LogP contribution >= 0.6 is 0 Å². The van der Waals surface area contributed by atoms with Gasteiger partial charge in [0, 0.05) is 11.5 Å². The van der Waals surface area contributed by atoms with Crippen molar-refractivity contribution in [2.24, 2.45) is 7.05 Å². The van der Waals surface area contributed by atoms with Crippen molar-refractivity contribution in [1.29, 1.82) is 0 Å². The summed E-state index contributed by atoms with van der Waals surface area (Å²) in [4.78, 5) is 0. The van der Waals surface area contributed by atoms with Gasteiger partial charge in [-0.2, -0.15) is 4.57 Å². The van der Waals surface area contributed by atoms with Gasteiger partial charge >= 0.3 is 0 Å². The van der Waals surface area contributed by atoms with Gasteiger partial charge in [0.15, 0.2) is 12.0 Å². The van der Waals surface area contributed by atoms with Crippen LogP contribution in [0.1, 0.15) is 36.5 Å². The third-order valence-corrected chi connectivity index (χ3v) is 5.09. The van der Waals surface area contributed by atoms with E-state index in [1.165, 1.54) is 22.8 Å². The van der Waals surface area contributed by atoms with Gasteiger partial charge in [0.05, 0.1) is 5.56 Å². The van der Waals surface area contributed by atoms with Gasteiger partial charge in [0.25, 0.3) is 5.69 Å². The Morgan fingerprint density at radius 1 is 1.12 bits per heavy atom. The zero-order chi connectivity index (χ0) is 17.2. The second kappa shape index (κ2) is 5.04. The number of ether oxygens (including phenoxy) is 1. The number of hydrogen-bond donors (Lipinski definition) is 0. The monoisotopic (exact) mass is 322 g/mol. The Bertz CT molecular complexity index is 1000. The summed E-state index contributed by atoms with van der Waals surface area (Å²) in [6.07, 6.45) is 1.75. The molecule has 3 heteroatoms. The summed E-state index contributed by atoms with van der Waals surface area (Å²) in [5, 5.41) is 2.24. The third kappa shape index (κ3) is 1.97. The first kappa shape index (κ1) is 15.1. The van der Waals surface area contributed by atoms with Crippen LogP contribution in [0.4, 0.5) is 4.39 Å². The highest BCUT2D eigenvalue weighted by Gasteiger charge is 2.32. The van der Waals surface area contributed by atoms with Crippen molar-refractivity contribution in [1.82, 2.24) is 0 Å².